The Bertz CT molecular complexity index is 1260. The van der Waals surface area contributed by atoms with Crippen LogP contribution in [0.15, 0.2) is 71.8 Å². The molecule has 2 aromatic carbocycles. The molecule has 2 heterocycles. The molecule has 4 aromatic rings. The van der Waals surface area contributed by atoms with Gasteiger partial charge in [-0.05, 0) is 67.5 Å². The number of hydrogen-bond acceptors (Lipinski definition) is 3. The molecule has 0 aliphatic carbocycles. The first-order valence-electron chi connectivity index (χ1n) is 9.88. The Kier molecular flexibility index (Phi) is 5.65. The summed E-state index contributed by atoms with van der Waals surface area (Å²) >= 11 is 0. The first-order valence-corrected chi connectivity index (χ1v) is 9.88. The Labute approximate surface area is 176 Å². The Morgan fingerprint density at radius 2 is 1.77 bits per heavy atom. The highest BCUT2D eigenvalue weighted by Gasteiger charge is 2.29. The number of pyridine rings is 1. The highest BCUT2D eigenvalue weighted by atomic mass is 19.4. The first-order chi connectivity index (χ1) is 14.9. The minimum atomic E-state index is -4.39. The van der Waals surface area contributed by atoms with Gasteiger partial charge in [-0.2, -0.15) is 18.3 Å². The SMILES string of the molecule is CNCCCn1ncc2cc(-n3ccc(-c4ccc(C(F)(F)F)cc4)cc3=O)ccc21. The molecule has 0 aliphatic rings. The predicted molar refractivity (Wildman–Crippen MR) is 114 cm³/mol. The van der Waals surface area contributed by atoms with Crippen LogP contribution in [0.5, 0.6) is 0 Å². The number of nitrogens with zero attached hydrogens (tertiary/aromatic N) is 3. The van der Waals surface area contributed by atoms with Gasteiger partial charge in [0.1, 0.15) is 0 Å². The Morgan fingerprint density at radius 1 is 1.00 bits per heavy atom. The molecule has 0 unspecified atom stereocenters. The standard InChI is InChI=1S/C23H21F3N4O/c1-27-10-2-11-30-21-8-7-20(13-18(21)15-28-30)29-12-9-17(14-22(29)31)16-3-5-19(6-4-16)23(24,25)26/h3-9,12-15,27H,2,10-11H2,1H3. The van der Waals surface area contributed by atoms with Gasteiger partial charge in [0, 0.05) is 29.9 Å². The van der Waals surface area contributed by atoms with Crippen molar-refractivity contribution in [3.8, 4) is 16.8 Å². The van der Waals surface area contributed by atoms with Crippen LogP contribution in [-0.2, 0) is 12.7 Å². The van der Waals surface area contributed by atoms with E-state index in [-0.39, 0.29) is 5.56 Å². The van der Waals surface area contributed by atoms with E-state index in [1.54, 1.807) is 18.5 Å². The van der Waals surface area contributed by atoms with Gasteiger partial charge in [0.25, 0.3) is 5.56 Å². The molecule has 8 heteroatoms. The van der Waals surface area contributed by atoms with Gasteiger partial charge in [-0.3, -0.25) is 14.0 Å². The summed E-state index contributed by atoms with van der Waals surface area (Å²) in [5.74, 6) is 0. The Morgan fingerprint density at radius 3 is 2.45 bits per heavy atom. The number of benzene rings is 2. The van der Waals surface area contributed by atoms with Crippen molar-refractivity contribution in [2.45, 2.75) is 19.1 Å². The lowest BCUT2D eigenvalue weighted by Crippen LogP contribution is -2.16. The maximum atomic E-state index is 12.8. The van der Waals surface area contributed by atoms with Gasteiger partial charge in [-0.1, -0.05) is 12.1 Å². The molecule has 0 saturated heterocycles. The second-order valence-electron chi connectivity index (χ2n) is 7.27. The molecule has 5 nitrogen and oxygen atoms in total. The average molecular weight is 426 g/mol. The van der Waals surface area contributed by atoms with Gasteiger partial charge in [-0.15, -0.1) is 0 Å². The molecular formula is C23H21F3N4O. The number of aromatic nitrogens is 3. The summed E-state index contributed by atoms with van der Waals surface area (Å²) in [6.07, 6.45) is -0.0190. The van der Waals surface area contributed by atoms with Crippen molar-refractivity contribution in [2.75, 3.05) is 13.6 Å². The van der Waals surface area contributed by atoms with Gasteiger partial charge in [-0.25, -0.2) is 0 Å². The van der Waals surface area contributed by atoms with E-state index in [1.807, 2.05) is 29.9 Å². The van der Waals surface area contributed by atoms with Crippen LogP contribution >= 0.6 is 0 Å². The van der Waals surface area contributed by atoms with Gasteiger partial charge in [0.05, 0.1) is 17.3 Å². The molecule has 0 atom stereocenters. The third-order valence-electron chi connectivity index (χ3n) is 5.17. The normalized spacial score (nSPS) is 11.9. The fraction of sp³-hybridized carbons (Fsp3) is 0.217. The van der Waals surface area contributed by atoms with E-state index in [4.69, 9.17) is 0 Å². The minimum absolute atomic E-state index is 0.266. The van der Waals surface area contributed by atoms with Crippen LogP contribution in [0, 0.1) is 0 Å². The van der Waals surface area contributed by atoms with Crippen molar-refractivity contribution in [3.05, 3.63) is 82.9 Å². The predicted octanol–water partition coefficient (Wildman–Crippen LogP) is 4.48. The van der Waals surface area contributed by atoms with Crippen molar-refractivity contribution >= 4 is 10.9 Å². The van der Waals surface area contributed by atoms with Crippen molar-refractivity contribution in [1.82, 2.24) is 19.7 Å². The molecule has 31 heavy (non-hydrogen) atoms. The van der Waals surface area contributed by atoms with E-state index in [9.17, 15) is 18.0 Å². The van der Waals surface area contributed by atoms with Crippen molar-refractivity contribution in [2.24, 2.45) is 0 Å². The fourth-order valence-corrected chi connectivity index (χ4v) is 3.53. The summed E-state index contributed by atoms with van der Waals surface area (Å²) < 4.78 is 41.7. The second kappa shape index (κ2) is 8.39. The Balaban J connectivity index is 1.61. The molecule has 0 saturated carbocycles. The minimum Gasteiger partial charge on any atom is -0.320 e. The zero-order valence-corrected chi connectivity index (χ0v) is 16.9. The van der Waals surface area contributed by atoms with Crippen LogP contribution < -0.4 is 10.9 Å². The second-order valence-corrected chi connectivity index (χ2v) is 7.27. The zero-order chi connectivity index (χ0) is 22.0. The van der Waals surface area contributed by atoms with Crippen LogP contribution in [0.2, 0.25) is 0 Å². The molecule has 4 rings (SSSR count). The van der Waals surface area contributed by atoms with E-state index in [1.165, 1.54) is 22.8 Å². The van der Waals surface area contributed by atoms with Gasteiger partial charge >= 0.3 is 6.18 Å². The maximum absolute atomic E-state index is 12.8. The van der Waals surface area contributed by atoms with Crippen LogP contribution in [0.4, 0.5) is 13.2 Å². The lowest BCUT2D eigenvalue weighted by molar-refractivity contribution is -0.137. The monoisotopic (exact) mass is 426 g/mol. The van der Waals surface area contributed by atoms with Crippen LogP contribution in [0.1, 0.15) is 12.0 Å². The molecule has 0 radical (unpaired) electrons. The summed E-state index contributed by atoms with van der Waals surface area (Å²) in [6, 6.07) is 13.6. The molecule has 0 aliphatic heterocycles. The highest BCUT2D eigenvalue weighted by molar-refractivity contribution is 5.81. The third kappa shape index (κ3) is 4.39. The van der Waals surface area contributed by atoms with E-state index >= 15 is 0 Å². The molecule has 0 amide bonds. The number of alkyl halides is 3. The van der Waals surface area contributed by atoms with Crippen LogP contribution in [0.3, 0.4) is 0 Å². The lowest BCUT2D eigenvalue weighted by Gasteiger charge is -2.10. The van der Waals surface area contributed by atoms with E-state index in [2.05, 4.69) is 10.4 Å². The summed E-state index contributed by atoms with van der Waals surface area (Å²) in [5.41, 5.74) is 1.83. The third-order valence-corrected chi connectivity index (χ3v) is 5.17. The van der Waals surface area contributed by atoms with Crippen molar-refractivity contribution < 1.29 is 13.2 Å². The highest BCUT2D eigenvalue weighted by Crippen LogP contribution is 2.30. The largest absolute Gasteiger partial charge is 0.416 e. The van der Waals surface area contributed by atoms with E-state index < -0.39 is 11.7 Å². The lowest BCUT2D eigenvalue weighted by atomic mass is 10.0. The number of aryl methyl sites for hydroxylation is 1. The summed E-state index contributed by atoms with van der Waals surface area (Å²) in [7, 11) is 1.91. The molecule has 0 bridgehead atoms. The van der Waals surface area contributed by atoms with Crippen LogP contribution in [0.25, 0.3) is 27.7 Å². The number of hydrogen-bond donors (Lipinski definition) is 1. The number of nitrogens with one attached hydrogen (secondary N) is 1. The zero-order valence-electron chi connectivity index (χ0n) is 16.9. The number of rotatable bonds is 6. The molecule has 1 N–H and O–H groups in total. The summed E-state index contributed by atoms with van der Waals surface area (Å²) in [4.78, 5) is 12.7. The van der Waals surface area contributed by atoms with Gasteiger partial charge < -0.3 is 5.32 Å². The smallest absolute Gasteiger partial charge is 0.320 e. The summed E-state index contributed by atoms with van der Waals surface area (Å²) in [5, 5.41) is 8.47. The molecule has 0 fully saturated rings. The molecule has 2 aromatic heterocycles. The number of fused-ring (bicyclic) bond motifs is 1. The topological polar surface area (TPSA) is 51.9 Å². The average Bonchev–Trinajstić information content (AvgIpc) is 3.15. The number of halogens is 3. The van der Waals surface area contributed by atoms with Crippen molar-refractivity contribution in [1.29, 1.82) is 0 Å². The maximum Gasteiger partial charge on any atom is 0.416 e. The Hall–Kier alpha value is -3.39. The van der Waals surface area contributed by atoms with E-state index in [0.717, 1.165) is 42.5 Å². The quantitative estimate of drug-likeness (QED) is 0.463. The summed E-state index contributed by atoms with van der Waals surface area (Å²) in [6.45, 7) is 1.70. The van der Waals surface area contributed by atoms with Gasteiger partial charge in [0.2, 0.25) is 0 Å². The van der Waals surface area contributed by atoms with Crippen LogP contribution in [-0.4, -0.2) is 27.9 Å². The first kappa shape index (κ1) is 20.9. The fourth-order valence-electron chi connectivity index (χ4n) is 3.53. The van der Waals surface area contributed by atoms with Crippen molar-refractivity contribution in [3.63, 3.8) is 0 Å². The molecule has 0 spiro atoms. The molecular weight excluding hydrogens is 405 g/mol. The molecule has 160 valence electrons. The van der Waals surface area contributed by atoms with Gasteiger partial charge in [0.15, 0.2) is 0 Å². The van der Waals surface area contributed by atoms with E-state index in [0.29, 0.717) is 16.8 Å².